The Morgan fingerprint density at radius 2 is 1.48 bits per heavy atom. The maximum absolute atomic E-state index is 12.5. The van der Waals surface area contributed by atoms with Gasteiger partial charge in [-0.15, -0.1) is 0 Å². The minimum Gasteiger partial charge on any atom is -0.497 e. The number of ether oxygens (including phenoxy) is 2. The van der Waals surface area contributed by atoms with E-state index in [1.807, 2.05) is 32.0 Å². The van der Waals surface area contributed by atoms with Gasteiger partial charge < -0.3 is 20.1 Å². The number of benzene rings is 3. The standard InChI is InChI=1S/C25H26N2O4/c1-16-5-6-17(2)23(15-16)27-24(28)18(3)31-22-11-7-19(8-12-22)25(29)26-20-9-13-21(30-4)14-10-20/h5-15,18H,1-4H3,(H,26,29)(H,27,28)/t18-/m1/s1. The zero-order chi connectivity index (χ0) is 22.4. The largest absolute Gasteiger partial charge is 0.497 e. The van der Waals surface area contributed by atoms with Gasteiger partial charge in [-0.2, -0.15) is 0 Å². The number of carbonyl (C=O) groups is 2. The molecule has 3 aromatic rings. The number of hydrogen-bond acceptors (Lipinski definition) is 4. The number of aryl methyl sites for hydroxylation is 2. The maximum Gasteiger partial charge on any atom is 0.265 e. The maximum atomic E-state index is 12.5. The molecule has 0 aliphatic heterocycles. The zero-order valence-electron chi connectivity index (χ0n) is 18.1. The fourth-order valence-corrected chi connectivity index (χ4v) is 2.93. The molecule has 3 aromatic carbocycles. The van der Waals surface area contributed by atoms with Crippen molar-refractivity contribution in [2.45, 2.75) is 26.9 Å². The van der Waals surface area contributed by atoms with Crippen molar-refractivity contribution in [1.29, 1.82) is 0 Å². The van der Waals surface area contributed by atoms with Crippen LogP contribution >= 0.6 is 0 Å². The fourth-order valence-electron chi connectivity index (χ4n) is 2.93. The predicted octanol–water partition coefficient (Wildman–Crippen LogP) is 4.97. The van der Waals surface area contributed by atoms with E-state index in [2.05, 4.69) is 10.6 Å². The molecule has 0 spiro atoms. The van der Waals surface area contributed by atoms with Crippen LogP contribution < -0.4 is 20.1 Å². The third kappa shape index (κ3) is 5.85. The monoisotopic (exact) mass is 418 g/mol. The Hall–Kier alpha value is -3.80. The van der Waals surface area contributed by atoms with Crippen LogP contribution in [0.15, 0.2) is 66.7 Å². The summed E-state index contributed by atoms with van der Waals surface area (Å²) in [5.74, 6) is 0.743. The summed E-state index contributed by atoms with van der Waals surface area (Å²) in [5, 5.41) is 5.72. The highest BCUT2D eigenvalue weighted by Crippen LogP contribution is 2.20. The average molecular weight is 418 g/mol. The lowest BCUT2D eigenvalue weighted by atomic mass is 10.1. The lowest BCUT2D eigenvalue weighted by Crippen LogP contribution is -2.30. The molecule has 0 saturated heterocycles. The zero-order valence-corrected chi connectivity index (χ0v) is 18.1. The molecule has 6 nitrogen and oxygen atoms in total. The summed E-state index contributed by atoms with van der Waals surface area (Å²) in [5.41, 5.74) is 3.97. The topological polar surface area (TPSA) is 76.7 Å². The molecule has 2 amide bonds. The number of nitrogens with one attached hydrogen (secondary N) is 2. The lowest BCUT2D eigenvalue weighted by Gasteiger charge is -2.16. The van der Waals surface area contributed by atoms with Gasteiger partial charge >= 0.3 is 0 Å². The Bertz CT molecular complexity index is 1060. The minimum absolute atomic E-state index is 0.238. The number of amides is 2. The molecule has 0 unspecified atom stereocenters. The predicted molar refractivity (Wildman–Crippen MR) is 122 cm³/mol. The SMILES string of the molecule is COc1ccc(NC(=O)c2ccc(O[C@H](C)C(=O)Nc3cc(C)ccc3C)cc2)cc1. The summed E-state index contributed by atoms with van der Waals surface area (Å²) in [4.78, 5) is 24.9. The van der Waals surface area contributed by atoms with Gasteiger partial charge in [0.2, 0.25) is 0 Å². The van der Waals surface area contributed by atoms with E-state index in [4.69, 9.17) is 9.47 Å². The van der Waals surface area contributed by atoms with Crippen molar-refractivity contribution in [3.05, 3.63) is 83.4 Å². The van der Waals surface area contributed by atoms with Crippen molar-refractivity contribution < 1.29 is 19.1 Å². The van der Waals surface area contributed by atoms with Gasteiger partial charge in [-0.05, 0) is 86.5 Å². The number of rotatable bonds is 7. The minimum atomic E-state index is -0.695. The van der Waals surface area contributed by atoms with Gasteiger partial charge in [0.05, 0.1) is 7.11 Å². The molecule has 160 valence electrons. The molecule has 0 bridgehead atoms. The number of anilines is 2. The molecule has 0 aromatic heterocycles. The summed E-state index contributed by atoms with van der Waals surface area (Å²) >= 11 is 0. The van der Waals surface area contributed by atoms with Gasteiger partial charge in [0, 0.05) is 16.9 Å². The highest BCUT2D eigenvalue weighted by atomic mass is 16.5. The third-order valence-corrected chi connectivity index (χ3v) is 4.80. The van der Waals surface area contributed by atoms with E-state index in [-0.39, 0.29) is 11.8 Å². The lowest BCUT2D eigenvalue weighted by molar-refractivity contribution is -0.122. The van der Waals surface area contributed by atoms with Crippen molar-refractivity contribution in [2.75, 3.05) is 17.7 Å². The highest BCUT2D eigenvalue weighted by molar-refractivity contribution is 6.04. The smallest absolute Gasteiger partial charge is 0.265 e. The second-order valence-corrected chi connectivity index (χ2v) is 7.27. The van der Waals surface area contributed by atoms with Crippen LogP contribution in [0.1, 0.15) is 28.4 Å². The molecule has 1 atom stereocenters. The van der Waals surface area contributed by atoms with Crippen molar-refractivity contribution in [3.63, 3.8) is 0 Å². The molecule has 31 heavy (non-hydrogen) atoms. The second-order valence-electron chi connectivity index (χ2n) is 7.27. The van der Waals surface area contributed by atoms with Gasteiger partial charge in [0.1, 0.15) is 11.5 Å². The van der Waals surface area contributed by atoms with E-state index in [0.717, 1.165) is 22.6 Å². The summed E-state index contributed by atoms with van der Waals surface area (Å²) < 4.78 is 10.8. The van der Waals surface area contributed by atoms with E-state index < -0.39 is 6.10 Å². The molecule has 3 rings (SSSR count). The molecular weight excluding hydrogens is 392 g/mol. The van der Waals surface area contributed by atoms with Gasteiger partial charge in [-0.1, -0.05) is 12.1 Å². The Morgan fingerprint density at radius 3 is 2.13 bits per heavy atom. The Kier molecular flexibility index (Phi) is 6.92. The fraction of sp³-hybridized carbons (Fsp3) is 0.200. The van der Waals surface area contributed by atoms with Crippen LogP contribution in [-0.4, -0.2) is 25.0 Å². The summed E-state index contributed by atoms with van der Waals surface area (Å²) in [7, 11) is 1.59. The van der Waals surface area contributed by atoms with Gasteiger partial charge in [0.25, 0.3) is 11.8 Å². The quantitative estimate of drug-likeness (QED) is 0.568. The van der Waals surface area contributed by atoms with Crippen molar-refractivity contribution in [1.82, 2.24) is 0 Å². The van der Waals surface area contributed by atoms with E-state index in [0.29, 0.717) is 17.0 Å². The Labute approximate surface area is 182 Å². The molecule has 0 saturated carbocycles. The summed E-state index contributed by atoms with van der Waals surface area (Å²) in [6.07, 6.45) is -0.695. The first kappa shape index (κ1) is 21.9. The second kappa shape index (κ2) is 9.80. The van der Waals surface area contributed by atoms with E-state index in [1.165, 1.54) is 0 Å². The molecule has 6 heteroatoms. The first-order chi connectivity index (χ1) is 14.9. The molecule has 0 fully saturated rings. The molecule has 0 aliphatic rings. The van der Waals surface area contributed by atoms with E-state index in [1.54, 1.807) is 62.6 Å². The molecule has 0 radical (unpaired) electrons. The highest BCUT2D eigenvalue weighted by Gasteiger charge is 2.16. The Morgan fingerprint density at radius 1 is 0.839 bits per heavy atom. The molecule has 0 heterocycles. The van der Waals surface area contributed by atoms with Crippen LogP contribution in [0.25, 0.3) is 0 Å². The molecule has 2 N–H and O–H groups in total. The van der Waals surface area contributed by atoms with Crippen LogP contribution in [0.3, 0.4) is 0 Å². The number of carbonyl (C=O) groups excluding carboxylic acids is 2. The Balaban J connectivity index is 1.58. The first-order valence-electron chi connectivity index (χ1n) is 9.96. The van der Waals surface area contributed by atoms with Crippen molar-refractivity contribution >= 4 is 23.2 Å². The van der Waals surface area contributed by atoms with E-state index in [9.17, 15) is 9.59 Å². The number of hydrogen-bond donors (Lipinski definition) is 2. The molecular formula is C25H26N2O4. The summed E-state index contributed by atoms with van der Waals surface area (Å²) in [6.45, 7) is 5.60. The van der Waals surface area contributed by atoms with Crippen molar-refractivity contribution in [2.24, 2.45) is 0 Å². The average Bonchev–Trinajstić information content (AvgIpc) is 2.77. The van der Waals surface area contributed by atoms with E-state index >= 15 is 0 Å². The molecule has 0 aliphatic carbocycles. The van der Waals surface area contributed by atoms with Gasteiger partial charge in [0.15, 0.2) is 6.10 Å². The van der Waals surface area contributed by atoms with Crippen LogP contribution in [0.4, 0.5) is 11.4 Å². The van der Waals surface area contributed by atoms with Gasteiger partial charge in [-0.25, -0.2) is 0 Å². The van der Waals surface area contributed by atoms with Crippen LogP contribution in [0, 0.1) is 13.8 Å². The van der Waals surface area contributed by atoms with Crippen LogP contribution in [-0.2, 0) is 4.79 Å². The third-order valence-electron chi connectivity index (χ3n) is 4.80. The number of methoxy groups -OCH3 is 1. The first-order valence-corrected chi connectivity index (χ1v) is 9.96. The normalized spacial score (nSPS) is 11.4. The van der Waals surface area contributed by atoms with Gasteiger partial charge in [-0.3, -0.25) is 9.59 Å². The van der Waals surface area contributed by atoms with Crippen LogP contribution in [0.5, 0.6) is 11.5 Å². The van der Waals surface area contributed by atoms with Crippen molar-refractivity contribution in [3.8, 4) is 11.5 Å². The van der Waals surface area contributed by atoms with Crippen LogP contribution in [0.2, 0.25) is 0 Å². The summed E-state index contributed by atoms with van der Waals surface area (Å²) in [6, 6.07) is 19.6.